The summed E-state index contributed by atoms with van der Waals surface area (Å²) in [7, 11) is 0. The van der Waals surface area contributed by atoms with Crippen LogP contribution in [0.25, 0.3) is 11.4 Å². The van der Waals surface area contributed by atoms with E-state index in [2.05, 4.69) is 15.7 Å². The highest BCUT2D eigenvalue weighted by atomic mass is 35.5. The molecule has 0 saturated carbocycles. The van der Waals surface area contributed by atoms with Gasteiger partial charge < -0.3 is 20.5 Å². The van der Waals surface area contributed by atoms with Crippen LogP contribution in [0.1, 0.15) is 24.0 Å². The first-order valence-electron chi connectivity index (χ1n) is 12.6. The lowest BCUT2D eigenvalue weighted by molar-refractivity contribution is -0.207. The number of nitrogens with one attached hydrogen (secondary N) is 2. The summed E-state index contributed by atoms with van der Waals surface area (Å²) in [5, 5.41) is 18.6. The molecule has 0 aliphatic rings. The molecule has 1 heterocycles. The molecule has 0 saturated heterocycles. The summed E-state index contributed by atoms with van der Waals surface area (Å²) >= 11 is 5.86. The highest BCUT2D eigenvalue weighted by molar-refractivity contribution is 6.30. The van der Waals surface area contributed by atoms with Crippen molar-refractivity contribution in [2.45, 2.75) is 44.4 Å². The lowest BCUT2D eigenvalue weighted by Crippen LogP contribution is -2.39. The van der Waals surface area contributed by atoms with Crippen molar-refractivity contribution in [1.29, 1.82) is 0 Å². The standard InChI is InChI=1S/C26H26ClF6N5O5/c1-2-34-23(41)43-14-17(16-4-3-5-18(10-16)25(28,29)30)11-35-21(40)13-38-24(42)37(12-20(39)26(31,32)33)22(36-38)15-6-8-19(27)9-7-15/h3-10,17,20,39H,2,11-14H2,1H3,(H,34,41)(H,35,40). The van der Waals surface area contributed by atoms with Gasteiger partial charge >= 0.3 is 24.1 Å². The van der Waals surface area contributed by atoms with E-state index in [-0.39, 0.29) is 30.0 Å². The molecule has 0 aliphatic carbocycles. The van der Waals surface area contributed by atoms with Gasteiger partial charge in [-0.1, -0.05) is 29.8 Å². The maximum atomic E-state index is 13.3. The van der Waals surface area contributed by atoms with Crippen molar-refractivity contribution in [1.82, 2.24) is 25.0 Å². The fourth-order valence-electron chi connectivity index (χ4n) is 3.84. The molecule has 2 amide bonds. The van der Waals surface area contributed by atoms with Crippen molar-refractivity contribution in [3.8, 4) is 11.4 Å². The summed E-state index contributed by atoms with van der Waals surface area (Å²) in [6, 6.07) is 9.74. The zero-order valence-electron chi connectivity index (χ0n) is 22.4. The quantitative estimate of drug-likeness (QED) is 0.273. The van der Waals surface area contributed by atoms with Crippen molar-refractivity contribution >= 4 is 23.6 Å². The SMILES string of the molecule is CCNC(=O)OCC(CNC(=O)Cn1nc(-c2ccc(Cl)cc2)n(CC(O)C(F)(F)F)c1=O)c1cccc(C(F)(F)F)c1. The Morgan fingerprint density at radius 2 is 1.74 bits per heavy atom. The Bertz CT molecular complexity index is 1470. The molecule has 2 atom stereocenters. The van der Waals surface area contributed by atoms with Gasteiger partial charge in [0.2, 0.25) is 5.91 Å². The van der Waals surface area contributed by atoms with Crippen molar-refractivity contribution in [3.05, 3.63) is 75.2 Å². The first-order chi connectivity index (χ1) is 20.1. The highest BCUT2D eigenvalue weighted by Crippen LogP contribution is 2.31. The molecule has 3 aromatic rings. The van der Waals surface area contributed by atoms with Crippen LogP contribution in [-0.4, -0.2) is 63.4 Å². The van der Waals surface area contributed by atoms with E-state index in [0.717, 1.165) is 18.2 Å². The van der Waals surface area contributed by atoms with Crippen molar-refractivity contribution < 1.29 is 45.8 Å². The van der Waals surface area contributed by atoms with Crippen LogP contribution in [0.15, 0.2) is 53.3 Å². The summed E-state index contributed by atoms with van der Waals surface area (Å²) < 4.78 is 85.2. The molecular weight excluding hydrogens is 612 g/mol. The minimum Gasteiger partial charge on any atom is -0.449 e. The molecule has 17 heteroatoms. The predicted molar refractivity (Wildman–Crippen MR) is 141 cm³/mol. The number of nitrogens with zero attached hydrogens (tertiary/aromatic N) is 3. The summed E-state index contributed by atoms with van der Waals surface area (Å²) in [5.74, 6) is -2.11. The van der Waals surface area contributed by atoms with Gasteiger partial charge in [0, 0.05) is 29.6 Å². The number of aliphatic hydroxyl groups excluding tert-OH is 1. The Morgan fingerprint density at radius 3 is 2.35 bits per heavy atom. The molecule has 2 aromatic carbocycles. The number of halogens is 7. The third kappa shape index (κ3) is 9.22. The van der Waals surface area contributed by atoms with Gasteiger partial charge in [-0.2, -0.15) is 26.3 Å². The lowest BCUT2D eigenvalue weighted by Gasteiger charge is -2.19. The number of aromatic nitrogens is 3. The fraction of sp³-hybridized carbons (Fsp3) is 0.385. The third-order valence-electron chi connectivity index (χ3n) is 6.02. The molecule has 43 heavy (non-hydrogen) atoms. The fourth-order valence-corrected chi connectivity index (χ4v) is 3.97. The number of amides is 2. The average molecular weight is 638 g/mol. The molecule has 2 unspecified atom stereocenters. The Kier molecular flexibility index (Phi) is 10.9. The molecule has 0 aliphatic heterocycles. The predicted octanol–water partition coefficient (Wildman–Crippen LogP) is 3.95. The number of benzene rings is 2. The Labute approximate surface area is 245 Å². The first kappa shape index (κ1) is 33.5. The van der Waals surface area contributed by atoms with Gasteiger partial charge in [-0.15, -0.1) is 5.10 Å². The van der Waals surface area contributed by atoms with E-state index in [1.54, 1.807) is 6.92 Å². The molecule has 3 rings (SSSR count). The molecule has 0 radical (unpaired) electrons. The van der Waals surface area contributed by atoms with Crippen LogP contribution in [0, 0.1) is 0 Å². The smallest absolute Gasteiger partial charge is 0.416 e. The van der Waals surface area contributed by atoms with E-state index in [1.807, 2.05) is 0 Å². The third-order valence-corrected chi connectivity index (χ3v) is 6.27. The van der Waals surface area contributed by atoms with Gasteiger partial charge in [0.15, 0.2) is 11.9 Å². The van der Waals surface area contributed by atoms with E-state index >= 15 is 0 Å². The summed E-state index contributed by atoms with van der Waals surface area (Å²) in [6.07, 6.45) is -13.5. The number of alkyl halides is 6. The molecule has 3 N–H and O–H groups in total. The molecule has 234 valence electrons. The van der Waals surface area contributed by atoms with E-state index in [4.69, 9.17) is 16.3 Å². The van der Waals surface area contributed by atoms with E-state index in [0.29, 0.717) is 14.3 Å². The summed E-state index contributed by atoms with van der Waals surface area (Å²) in [5.41, 5.74) is -1.85. The maximum absolute atomic E-state index is 13.3. The second-order valence-corrected chi connectivity index (χ2v) is 9.63. The Morgan fingerprint density at radius 1 is 1.07 bits per heavy atom. The minimum atomic E-state index is -5.05. The summed E-state index contributed by atoms with van der Waals surface area (Å²) in [6.45, 7) is -0.915. The van der Waals surface area contributed by atoms with Crippen LogP contribution in [0.3, 0.4) is 0 Å². The highest BCUT2D eigenvalue weighted by Gasteiger charge is 2.39. The van der Waals surface area contributed by atoms with Gasteiger partial charge in [-0.3, -0.25) is 9.36 Å². The average Bonchev–Trinajstić information content (AvgIpc) is 3.22. The number of hydrogen-bond acceptors (Lipinski definition) is 6. The molecule has 0 fully saturated rings. The van der Waals surface area contributed by atoms with Crippen molar-refractivity contribution in [2.24, 2.45) is 0 Å². The van der Waals surface area contributed by atoms with Crippen LogP contribution in [0.4, 0.5) is 31.1 Å². The number of ether oxygens (including phenoxy) is 1. The van der Waals surface area contributed by atoms with Gasteiger partial charge in [-0.25, -0.2) is 14.3 Å². The summed E-state index contributed by atoms with van der Waals surface area (Å²) in [4.78, 5) is 37.5. The van der Waals surface area contributed by atoms with Crippen LogP contribution >= 0.6 is 11.6 Å². The number of carbonyl (C=O) groups is 2. The van der Waals surface area contributed by atoms with Gasteiger partial charge in [0.05, 0.1) is 12.1 Å². The van der Waals surface area contributed by atoms with Crippen LogP contribution < -0.4 is 16.3 Å². The molecular formula is C26H26ClF6N5O5. The molecule has 0 bridgehead atoms. The van der Waals surface area contributed by atoms with E-state index in [1.165, 1.54) is 30.3 Å². The monoisotopic (exact) mass is 637 g/mol. The lowest BCUT2D eigenvalue weighted by atomic mass is 9.97. The van der Waals surface area contributed by atoms with Crippen LogP contribution in [-0.2, 0) is 28.8 Å². The zero-order valence-corrected chi connectivity index (χ0v) is 23.1. The number of hydrogen-bond donors (Lipinski definition) is 3. The van der Waals surface area contributed by atoms with Crippen LogP contribution in [0.5, 0.6) is 0 Å². The molecule has 0 spiro atoms. The van der Waals surface area contributed by atoms with Gasteiger partial charge in [0.1, 0.15) is 13.2 Å². The normalized spacial score (nSPS) is 13.3. The second-order valence-electron chi connectivity index (χ2n) is 9.19. The van der Waals surface area contributed by atoms with E-state index in [9.17, 15) is 45.8 Å². The molecule has 10 nitrogen and oxygen atoms in total. The van der Waals surface area contributed by atoms with Crippen molar-refractivity contribution in [3.63, 3.8) is 0 Å². The van der Waals surface area contributed by atoms with E-state index < -0.39 is 67.3 Å². The molecule has 1 aromatic heterocycles. The van der Waals surface area contributed by atoms with Crippen LogP contribution in [0.2, 0.25) is 5.02 Å². The first-order valence-corrected chi connectivity index (χ1v) is 13.0. The van der Waals surface area contributed by atoms with Crippen molar-refractivity contribution in [2.75, 3.05) is 19.7 Å². The van der Waals surface area contributed by atoms with Gasteiger partial charge in [-0.05, 0) is 42.8 Å². The number of alkyl carbamates (subject to hydrolysis) is 1. The number of rotatable bonds is 11. The number of aliphatic hydroxyl groups is 1. The number of carbonyl (C=O) groups excluding carboxylic acids is 2. The van der Waals surface area contributed by atoms with Gasteiger partial charge in [0.25, 0.3) is 0 Å². The largest absolute Gasteiger partial charge is 0.449 e. The Balaban J connectivity index is 1.84. The maximum Gasteiger partial charge on any atom is 0.416 e. The minimum absolute atomic E-state index is 0.0898. The Hall–Kier alpha value is -4.05. The second kappa shape index (κ2) is 13.9. The topological polar surface area (TPSA) is 127 Å². The zero-order chi connectivity index (χ0) is 31.9.